The fourth-order valence-corrected chi connectivity index (χ4v) is 3.11. The molecule has 0 fully saturated rings. The molecular weight excluding hydrogens is 370 g/mol. The Kier molecular flexibility index (Phi) is 4.55. The first-order chi connectivity index (χ1) is 12.2. The van der Waals surface area contributed by atoms with E-state index in [1.165, 1.54) is 24.3 Å². The molecule has 0 aromatic heterocycles. The largest absolute Gasteiger partial charge is 0.238 e. The summed E-state index contributed by atoms with van der Waals surface area (Å²) in [5, 5.41) is 4.99. The van der Waals surface area contributed by atoms with Gasteiger partial charge in [0.1, 0.15) is 0 Å². The summed E-state index contributed by atoms with van der Waals surface area (Å²) in [5.74, 6) is -6.99. The third kappa shape index (κ3) is 3.09. The summed E-state index contributed by atoms with van der Waals surface area (Å²) < 4.78 is 79.1. The highest BCUT2D eigenvalue weighted by Gasteiger charge is 2.27. The van der Waals surface area contributed by atoms with Gasteiger partial charge < -0.3 is 0 Å². The second-order valence-corrected chi connectivity index (χ2v) is 7.00. The second kappa shape index (κ2) is 6.54. The molecule has 0 aliphatic heterocycles. The highest BCUT2D eigenvalue weighted by molar-refractivity contribution is 7.89. The van der Waals surface area contributed by atoms with Crippen LogP contribution in [0.5, 0.6) is 0 Å². The standard InChI is InChI=1S/C18H11F4NO2S/c19-15-13(10-4-2-1-3-5-10)14(16(20)18(22)17(15)21)11-6-8-12(9-7-11)26(23,24)25/h1-9H,(H2,23,24,25). The van der Waals surface area contributed by atoms with E-state index in [1.54, 1.807) is 6.07 Å². The summed E-state index contributed by atoms with van der Waals surface area (Å²) in [7, 11) is -4.00. The Hall–Kier alpha value is -2.71. The number of primary sulfonamides is 1. The van der Waals surface area contributed by atoms with Crippen LogP contribution in [0, 0.1) is 23.3 Å². The Morgan fingerprint density at radius 3 is 1.46 bits per heavy atom. The Labute approximate surface area is 146 Å². The van der Waals surface area contributed by atoms with E-state index in [0.29, 0.717) is 0 Å². The molecule has 2 N–H and O–H groups in total. The molecule has 8 heteroatoms. The molecule has 3 aromatic rings. The van der Waals surface area contributed by atoms with Crippen molar-refractivity contribution in [1.29, 1.82) is 0 Å². The summed E-state index contributed by atoms with van der Waals surface area (Å²) in [5.41, 5.74) is -0.890. The van der Waals surface area contributed by atoms with Crippen LogP contribution in [0.1, 0.15) is 0 Å². The molecule has 0 aliphatic rings. The van der Waals surface area contributed by atoms with Crippen LogP contribution in [0.3, 0.4) is 0 Å². The van der Waals surface area contributed by atoms with Crippen molar-refractivity contribution in [1.82, 2.24) is 0 Å². The van der Waals surface area contributed by atoms with Gasteiger partial charge in [0.05, 0.1) is 4.90 Å². The summed E-state index contributed by atoms with van der Waals surface area (Å²) in [4.78, 5) is -0.258. The maximum Gasteiger partial charge on any atom is 0.238 e. The van der Waals surface area contributed by atoms with Gasteiger partial charge in [-0.3, -0.25) is 0 Å². The molecule has 0 spiro atoms. The van der Waals surface area contributed by atoms with Gasteiger partial charge in [-0.25, -0.2) is 31.1 Å². The smallest absolute Gasteiger partial charge is 0.225 e. The fraction of sp³-hybridized carbons (Fsp3) is 0. The molecule has 0 saturated carbocycles. The van der Waals surface area contributed by atoms with E-state index in [1.807, 2.05) is 0 Å². The third-order valence-electron chi connectivity index (χ3n) is 3.80. The molecular formula is C18H11F4NO2S. The van der Waals surface area contributed by atoms with Gasteiger partial charge in [0.15, 0.2) is 23.3 Å². The zero-order valence-electron chi connectivity index (χ0n) is 13.0. The first-order valence-corrected chi connectivity index (χ1v) is 8.81. The number of sulfonamides is 1. The van der Waals surface area contributed by atoms with E-state index in [4.69, 9.17) is 5.14 Å². The van der Waals surface area contributed by atoms with E-state index >= 15 is 0 Å². The summed E-state index contributed by atoms with van der Waals surface area (Å²) in [6, 6.07) is 11.9. The molecule has 3 nitrogen and oxygen atoms in total. The predicted octanol–water partition coefficient (Wildman–Crippen LogP) is 4.22. The molecule has 0 saturated heterocycles. The summed E-state index contributed by atoms with van der Waals surface area (Å²) in [6.07, 6.45) is 0. The van der Waals surface area contributed by atoms with Gasteiger partial charge in [-0.15, -0.1) is 0 Å². The van der Waals surface area contributed by atoms with Gasteiger partial charge in [0.25, 0.3) is 0 Å². The van der Waals surface area contributed by atoms with Crippen molar-refractivity contribution in [3.63, 3.8) is 0 Å². The van der Waals surface area contributed by atoms with Crippen molar-refractivity contribution in [2.75, 3.05) is 0 Å². The van der Waals surface area contributed by atoms with Gasteiger partial charge in [-0.1, -0.05) is 42.5 Å². The van der Waals surface area contributed by atoms with Crippen molar-refractivity contribution in [2.24, 2.45) is 5.14 Å². The SMILES string of the molecule is NS(=O)(=O)c1ccc(-c2c(F)c(F)c(F)c(F)c2-c2ccccc2)cc1. The number of nitrogens with two attached hydrogens (primary N) is 1. The molecule has 3 rings (SSSR count). The summed E-state index contributed by atoms with van der Waals surface area (Å²) in [6.45, 7) is 0. The van der Waals surface area contributed by atoms with Crippen molar-refractivity contribution in [2.45, 2.75) is 4.90 Å². The molecule has 0 atom stereocenters. The zero-order valence-corrected chi connectivity index (χ0v) is 13.8. The Morgan fingerprint density at radius 2 is 1.04 bits per heavy atom. The lowest BCUT2D eigenvalue weighted by Gasteiger charge is -2.14. The maximum absolute atomic E-state index is 14.5. The van der Waals surface area contributed by atoms with Crippen LogP contribution >= 0.6 is 0 Å². The highest BCUT2D eigenvalue weighted by Crippen LogP contribution is 2.39. The van der Waals surface area contributed by atoms with Crippen molar-refractivity contribution in [3.05, 3.63) is 77.9 Å². The van der Waals surface area contributed by atoms with Crippen LogP contribution in [0.4, 0.5) is 17.6 Å². The van der Waals surface area contributed by atoms with E-state index in [-0.39, 0.29) is 16.0 Å². The van der Waals surface area contributed by atoms with Gasteiger partial charge in [0.2, 0.25) is 10.0 Å². The topological polar surface area (TPSA) is 60.2 Å². The normalized spacial score (nSPS) is 11.6. The lowest BCUT2D eigenvalue weighted by molar-refractivity contribution is 0.412. The Balaban J connectivity index is 2.34. The van der Waals surface area contributed by atoms with Crippen LogP contribution in [0.25, 0.3) is 22.3 Å². The molecule has 26 heavy (non-hydrogen) atoms. The molecule has 0 unspecified atom stereocenters. The minimum atomic E-state index is -4.00. The third-order valence-corrected chi connectivity index (χ3v) is 4.73. The molecule has 3 aromatic carbocycles. The Morgan fingerprint density at radius 1 is 0.615 bits per heavy atom. The lowest BCUT2D eigenvalue weighted by atomic mass is 9.93. The number of benzene rings is 3. The highest BCUT2D eigenvalue weighted by atomic mass is 32.2. The average Bonchev–Trinajstić information content (AvgIpc) is 2.63. The van der Waals surface area contributed by atoms with E-state index in [9.17, 15) is 26.0 Å². The first kappa shape index (κ1) is 18.1. The predicted molar refractivity (Wildman–Crippen MR) is 88.5 cm³/mol. The number of hydrogen-bond donors (Lipinski definition) is 1. The lowest BCUT2D eigenvalue weighted by Crippen LogP contribution is -2.11. The minimum absolute atomic E-state index is 0.0356. The number of halogens is 4. The van der Waals surface area contributed by atoms with Gasteiger partial charge >= 0.3 is 0 Å². The van der Waals surface area contributed by atoms with Gasteiger partial charge in [-0.05, 0) is 23.3 Å². The molecule has 0 bridgehead atoms. The quantitative estimate of drug-likeness (QED) is 0.419. The zero-order chi connectivity index (χ0) is 19.1. The van der Waals surface area contributed by atoms with Gasteiger partial charge in [-0.2, -0.15) is 0 Å². The van der Waals surface area contributed by atoms with Crippen LogP contribution in [-0.2, 0) is 10.0 Å². The fourth-order valence-electron chi connectivity index (χ4n) is 2.59. The Bertz CT molecular complexity index is 1080. The van der Waals surface area contributed by atoms with Crippen LogP contribution < -0.4 is 5.14 Å². The summed E-state index contributed by atoms with van der Waals surface area (Å²) >= 11 is 0. The van der Waals surface area contributed by atoms with Crippen molar-refractivity contribution < 1.29 is 26.0 Å². The number of rotatable bonds is 3. The van der Waals surface area contributed by atoms with E-state index < -0.39 is 44.4 Å². The van der Waals surface area contributed by atoms with Crippen LogP contribution in [-0.4, -0.2) is 8.42 Å². The van der Waals surface area contributed by atoms with Crippen LogP contribution in [0.2, 0.25) is 0 Å². The molecule has 134 valence electrons. The second-order valence-electron chi connectivity index (χ2n) is 5.44. The molecule has 0 heterocycles. The monoisotopic (exact) mass is 381 g/mol. The average molecular weight is 381 g/mol. The van der Waals surface area contributed by atoms with E-state index in [2.05, 4.69) is 0 Å². The van der Waals surface area contributed by atoms with Crippen LogP contribution in [0.15, 0.2) is 59.5 Å². The number of hydrogen-bond acceptors (Lipinski definition) is 2. The van der Waals surface area contributed by atoms with Gasteiger partial charge in [0, 0.05) is 11.1 Å². The van der Waals surface area contributed by atoms with E-state index in [0.717, 1.165) is 24.3 Å². The molecule has 0 amide bonds. The molecule has 0 aliphatic carbocycles. The molecule has 0 radical (unpaired) electrons. The maximum atomic E-state index is 14.5. The first-order valence-electron chi connectivity index (χ1n) is 7.26. The van der Waals surface area contributed by atoms with Crippen molar-refractivity contribution in [3.8, 4) is 22.3 Å². The van der Waals surface area contributed by atoms with Crippen molar-refractivity contribution >= 4 is 10.0 Å². The minimum Gasteiger partial charge on any atom is -0.225 e.